The first-order valence-electron chi connectivity index (χ1n) is 9.47. The zero-order valence-electron chi connectivity index (χ0n) is 17.6. The molecule has 0 fully saturated rings. The van der Waals surface area contributed by atoms with Crippen molar-refractivity contribution in [1.29, 1.82) is 0 Å². The number of hydrogen-bond donors (Lipinski definition) is 5. The van der Waals surface area contributed by atoms with Crippen LogP contribution in [0.25, 0.3) is 0 Å². The summed E-state index contributed by atoms with van der Waals surface area (Å²) in [4.78, 5) is 24.5. The number of methoxy groups -OCH3 is 1. The van der Waals surface area contributed by atoms with E-state index in [1.54, 1.807) is 13.8 Å². The fourth-order valence-corrected chi connectivity index (χ4v) is 3.46. The predicted octanol–water partition coefficient (Wildman–Crippen LogP) is 3.62. The van der Waals surface area contributed by atoms with Gasteiger partial charge in [0.15, 0.2) is 11.6 Å². The van der Waals surface area contributed by atoms with Gasteiger partial charge in [0.05, 0.1) is 7.11 Å². The Kier molecular flexibility index (Phi) is 6.50. The summed E-state index contributed by atoms with van der Waals surface area (Å²) in [5.74, 6) is -3.56. The molecule has 0 aliphatic heterocycles. The van der Waals surface area contributed by atoms with Gasteiger partial charge in [-0.05, 0) is 13.8 Å². The topological polar surface area (TPSA) is 145 Å². The molecule has 0 spiro atoms. The molecular formula is C22H26O8. The molecule has 30 heavy (non-hydrogen) atoms. The van der Waals surface area contributed by atoms with E-state index in [2.05, 4.69) is 0 Å². The van der Waals surface area contributed by atoms with Crippen molar-refractivity contribution < 1.29 is 39.9 Å². The van der Waals surface area contributed by atoms with Gasteiger partial charge in [-0.1, -0.05) is 13.8 Å². The summed E-state index contributed by atoms with van der Waals surface area (Å²) in [7, 11) is 1.31. The number of carbonyl (C=O) groups is 2. The van der Waals surface area contributed by atoms with E-state index in [0.717, 1.165) is 0 Å². The van der Waals surface area contributed by atoms with E-state index in [0.29, 0.717) is 0 Å². The number of ketones is 2. The summed E-state index contributed by atoms with van der Waals surface area (Å²) in [5.41, 5.74) is -0.530. The third kappa shape index (κ3) is 3.49. The fourth-order valence-electron chi connectivity index (χ4n) is 3.46. The Morgan fingerprint density at radius 2 is 1.13 bits per heavy atom. The lowest BCUT2D eigenvalue weighted by Crippen LogP contribution is -2.07. The van der Waals surface area contributed by atoms with E-state index in [-0.39, 0.29) is 58.4 Å². The van der Waals surface area contributed by atoms with Crippen LogP contribution in [-0.4, -0.2) is 44.2 Å². The van der Waals surface area contributed by atoms with Gasteiger partial charge >= 0.3 is 0 Å². The summed E-state index contributed by atoms with van der Waals surface area (Å²) < 4.78 is 5.30. The molecule has 8 heteroatoms. The second kappa shape index (κ2) is 8.52. The highest BCUT2D eigenvalue weighted by Crippen LogP contribution is 2.48. The fraction of sp³-hybridized carbons (Fsp3) is 0.364. The van der Waals surface area contributed by atoms with E-state index in [9.17, 15) is 35.1 Å². The number of Topliss-reactive ketones (excluding diaryl/α,β-unsaturated/α-hetero) is 2. The van der Waals surface area contributed by atoms with E-state index in [1.165, 1.54) is 21.0 Å². The van der Waals surface area contributed by atoms with Crippen LogP contribution in [-0.2, 0) is 6.42 Å². The molecule has 0 unspecified atom stereocenters. The van der Waals surface area contributed by atoms with Crippen LogP contribution in [0.4, 0.5) is 0 Å². The van der Waals surface area contributed by atoms with Crippen LogP contribution in [0.5, 0.6) is 34.5 Å². The second-order valence-corrected chi connectivity index (χ2v) is 6.96. The van der Waals surface area contributed by atoms with Gasteiger partial charge in [0.2, 0.25) is 0 Å². The van der Waals surface area contributed by atoms with Crippen molar-refractivity contribution in [1.82, 2.24) is 0 Å². The number of phenols is 5. The van der Waals surface area contributed by atoms with E-state index < -0.39 is 40.3 Å². The Balaban J connectivity index is 2.86. The Labute approximate surface area is 174 Å². The molecule has 2 aromatic rings. The second-order valence-electron chi connectivity index (χ2n) is 6.96. The Bertz CT molecular complexity index is 1040. The predicted molar refractivity (Wildman–Crippen MR) is 109 cm³/mol. The average Bonchev–Trinajstić information content (AvgIpc) is 2.72. The maximum atomic E-state index is 12.3. The third-order valence-corrected chi connectivity index (χ3v) is 5.24. The maximum Gasteiger partial charge on any atom is 0.170 e. The molecule has 162 valence electrons. The van der Waals surface area contributed by atoms with Crippen LogP contribution < -0.4 is 4.74 Å². The van der Waals surface area contributed by atoms with Crippen LogP contribution in [0, 0.1) is 13.8 Å². The number of benzene rings is 2. The normalized spacial score (nSPS) is 10.8. The molecule has 0 aromatic heterocycles. The van der Waals surface area contributed by atoms with Gasteiger partial charge in [-0.25, -0.2) is 0 Å². The number of aromatic hydroxyl groups is 5. The van der Waals surface area contributed by atoms with Gasteiger partial charge in [-0.15, -0.1) is 0 Å². The lowest BCUT2D eigenvalue weighted by atomic mass is 9.90. The molecule has 8 nitrogen and oxygen atoms in total. The molecule has 0 atom stereocenters. The van der Waals surface area contributed by atoms with E-state index in [4.69, 9.17) is 4.74 Å². The molecule has 0 aliphatic carbocycles. The van der Waals surface area contributed by atoms with E-state index in [1.807, 2.05) is 0 Å². The summed E-state index contributed by atoms with van der Waals surface area (Å²) in [5, 5.41) is 52.6. The van der Waals surface area contributed by atoms with Gasteiger partial charge in [-0.3, -0.25) is 9.59 Å². The highest BCUT2D eigenvalue weighted by Gasteiger charge is 2.30. The standard InChI is InChI=1S/C22H26O8/c1-6-13(23)15-18(26)9(3)17(25)11(20(15)28)8-12-21(29)16(14(24)7-2)19(27)10(4)22(12)30-5/h25-29H,6-8H2,1-5H3. The molecule has 0 radical (unpaired) electrons. The minimum Gasteiger partial charge on any atom is -0.507 e. The SMILES string of the molecule is CCC(=O)c1c(O)c(C)c(O)c(Cc2c(O)c(C(=O)CC)c(O)c(C)c2OC)c1O. The number of hydrogen-bond acceptors (Lipinski definition) is 8. The van der Waals surface area contributed by atoms with Gasteiger partial charge in [0.1, 0.15) is 45.6 Å². The van der Waals surface area contributed by atoms with Crippen molar-refractivity contribution in [2.75, 3.05) is 7.11 Å². The number of ether oxygens (including phenoxy) is 1. The number of rotatable bonds is 7. The summed E-state index contributed by atoms with van der Waals surface area (Å²) in [6.07, 6.45) is -0.300. The molecule has 0 aliphatic rings. The van der Waals surface area contributed by atoms with Gasteiger partial charge in [0, 0.05) is 41.5 Å². The van der Waals surface area contributed by atoms with Crippen molar-refractivity contribution in [3.8, 4) is 34.5 Å². The molecule has 2 aromatic carbocycles. The average molecular weight is 418 g/mol. The minimum atomic E-state index is -0.627. The Hall–Kier alpha value is -3.42. The van der Waals surface area contributed by atoms with E-state index >= 15 is 0 Å². The largest absolute Gasteiger partial charge is 0.507 e. The van der Waals surface area contributed by atoms with Gasteiger partial charge in [-0.2, -0.15) is 0 Å². The first-order valence-corrected chi connectivity index (χ1v) is 9.47. The monoisotopic (exact) mass is 418 g/mol. The quantitative estimate of drug-likeness (QED) is 0.429. The highest BCUT2D eigenvalue weighted by molar-refractivity contribution is 6.03. The van der Waals surface area contributed by atoms with Crippen LogP contribution in [0.2, 0.25) is 0 Å². The minimum absolute atomic E-state index is 0.00676. The highest BCUT2D eigenvalue weighted by atomic mass is 16.5. The van der Waals surface area contributed by atoms with Crippen LogP contribution in [0.3, 0.4) is 0 Å². The zero-order chi connectivity index (χ0) is 22.9. The van der Waals surface area contributed by atoms with Crippen LogP contribution in [0.1, 0.15) is 69.7 Å². The lowest BCUT2D eigenvalue weighted by Gasteiger charge is -2.20. The van der Waals surface area contributed by atoms with Gasteiger partial charge < -0.3 is 30.3 Å². The molecule has 2 rings (SSSR count). The lowest BCUT2D eigenvalue weighted by molar-refractivity contribution is 0.0974. The number of phenolic OH excluding ortho intramolecular Hbond substituents is 5. The summed E-state index contributed by atoms with van der Waals surface area (Å²) in [6.45, 7) is 6.01. The maximum absolute atomic E-state index is 12.3. The molecule has 0 bridgehead atoms. The molecule has 0 saturated carbocycles. The van der Waals surface area contributed by atoms with Crippen molar-refractivity contribution >= 4 is 11.6 Å². The van der Waals surface area contributed by atoms with Crippen LogP contribution >= 0.6 is 0 Å². The third-order valence-electron chi connectivity index (χ3n) is 5.24. The van der Waals surface area contributed by atoms with Crippen molar-refractivity contribution in [2.45, 2.75) is 47.0 Å². The molecule has 0 saturated heterocycles. The Morgan fingerprint density at radius 3 is 1.57 bits per heavy atom. The molecule has 5 N–H and O–H groups in total. The van der Waals surface area contributed by atoms with Crippen LogP contribution in [0.15, 0.2) is 0 Å². The molecule has 0 heterocycles. The van der Waals surface area contributed by atoms with Crippen molar-refractivity contribution in [2.24, 2.45) is 0 Å². The summed E-state index contributed by atoms with van der Waals surface area (Å²) in [6, 6.07) is 0. The molecule has 0 amide bonds. The number of carbonyl (C=O) groups excluding carboxylic acids is 2. The van der Waals surface area contributed by atoms with Crippen molar-refractivity contribution in [3.63, 3.8) is 0 Å². The van der Waals surface area contributed by atoms with Gasteiger partial charge in [0.25, 0.3) is 0 Å². The van der Waals surface area contributed by atoms with Crippen molar-refractivity contribution in [3.05, 3.63) is 33.4 Å². The zero-order valence-corrected chi connectivity index (χ0v) is 17.6. The Morgan fingerprint density at radius 1 is 0.700 bits per heavy atom. The molecular weight excluding hydrogens is 392 g/mol. The first-order chi connectivity index (χ1) is 14.0. The first kappa shape index (κ1) is 22.9. The smallest absolute Gasteiger partial charge is 0.170 e. The summed E-state index contributed by atoms with van der Waals surface area (Å²) >= 11 is 0.